The zero-order valence-corrected chi connectivity index (χ0v) is 15.2. The minimum atomic E-state index is -0.329. The monoisotopic (exact) mass is 346 g/mol. The van der Waals surface area contributed by atoms with Crippen LogP contribution in [0.1, 0.15) is 64.9 Å². The molecule has 1 unspecified atom stereocenters. The van der Waals surface area contributed by atoms with Crippen molar-refractivity contribution < 1.29 is 14.2 Å². The molecule has 3 nitrogen and oxygen atoms in total. The third-order valence-electron chi connectivity index (χ3n) is 3.82. The van der Waals surface area contributed by atoms with Gasteiger partial charge in [-0.05, 0) is 44.4 Å². The first kappa shape index (κ1) is 23.9. The predicted octanol–water partition coefficient (Wildman–Crippen LogP) is 4.72. The van der Waals surface area contributed by atoms with Crippen molar-refractivity contribution in [3.05, 3.63) is 29.8 Å². The first-order valence-corrected chi connectivity index (χ1v) is 9.25. The SMILES string of the molecule is CCCCCCCCc1ccc(OC(COCC)OCC)cc1.[NaH]. The quantitative estimate of drug-likeness (QED) is 0.277. The first-order valence-electron chi connectivity index (χ1n) is 9.25. The molecule has 0 aliphatic carbocycles. The normalized spacial score (nSPS) is 11.8. The number of ether oxygens (including phenoxy) is 3. The van der Waals surface area contributed by atoms with E-state index in [4.69, 9.17) is 14.2 Å². The number of unbranched alkanes of at least 4 members (excludes halogenated alkanes) is 5. The van der Waals surface area contributed by atoms with Gasteiger partial charge in [0.05, 0.1) is 0 Å². The molecule has 0 bridgehead atoms. The van der Waals surface area contributed by atoms with E-state index in [0.717, 1.165) is 12.2 Å². The number of aryl methyl sites for hydroxylation is 1. The van der Waals surface area contributed by atoms with Gasteiger partial charge in [0.25, 0.3) is 0 Å². The van der Waals surface area contributed by atoms with E-state index in [1.165, 1.54) is 44.1 Å². The summed E-state index contributed by atoms with van der Waals surface area (Å²) < 4.78 is 16.8. The molecule has 24 heavy (non-hydrogen) atoms. The fourth-order valence-corrected chi connectivity index (χ4v) is 2.51. The van der Waals surface area contributed by atoms with Gasteiger partial charge in [-0.2, -0.15) is 0 Å². The summed E-state index contributed by atoms with van der Waals surface area (Å²) in [6, 6.07) is 8.38. The molecule has 0 amide bonds. The topological polar surface area (TPSA) is 27.7 Å². The number of benzene rings is 1. The average Bonchev–Trinajstić information content (AvgIpc) is 2.57. The van der Waals surface area contributed by atoms with E-state index in [1.807, 2.05) is 26.0 Å². The van der Waals surface area contributed by atoms with Crippen LogP contribution in [0.25, 0.3) is 0 Å². The van der Waals surface area contributed by atoms with Crippen molar-refractivity contribution in [2.24, 2.45) is 0 Å². The summed E-state index contributed by atoms with van der Waals surface area (Å²) in [5.74, 6) is 0.842. The first-order chi connectivity index (χ1) is 11.3. The zero-order valence-electron chi connectivity index (χ0n) is 15.2. The standard InChI is InChI=1S/C20H34O3.Na.H/c1-4-7-8-9-10-11-12-18-13-15-19(16-14-18)23-20(22-6-3)17-21-5-2;;/h13-16,20H,4-12,17H2,1-3H3;;. The summed E-state index contributed by atoms with van der Waals surface area (Å²) in [6.45, 7) is 7.95. The summed E-state index contributed by atoms with van der Waals surface area (Å²) in [4.78, 5) is 0. The molecule has 4 heteroatoms. The third-order valence-corrected chi connectivity index (χ3v) is 3.82. The Morgan fingerprint density at radius 1 is 0.833 bits per heavy atom. The number of hydrogen-bond donors (Lipinski definition) is 0. The van der Waals surface area contributed by atoms with Crippen LogP contribution in [0.5, 0.6) is 5.75 Å². The Hall–Kier alpha value is -0.0600. The maximum absolute atomic E-state index is 5.83. The van der Waals surface area contributed by atoms with E-state index in [0.29, 0.717) is 19.8 Å². The Balaban J connectivity index is 0.00000529. The third kappa shape index (κ3) is 11.5. The van der Waals surface area contributed by atoms with Crippen molar-refractivity contribution in [1.29, 1.82) is 0 Å². The fraction of sp³-hybridized carbons (Fsp3) is 0.700. The van der Waals surface area contributed by atoms with Crippen molar-refractivity contribution in [3.8, 4) is 5.75 Å². The van der Waals surface area contributed by atoms with Gasteiger partial charge in [0.15, 0.2) is 0 Å². The molecule has 0 aliphatic heterocycles. The van der Waals surface area contributed by atoms with Crippen LogP contribution in [0.2, 0.25) is 0 Å². The second-order valence-electron chi connectivity index (χ2n) is 5.82. The summed E-state index contributed by atoms with van der Waals surface area (Å²) in [7, 11) is 0. The molecule has 1 aromatic rings. The van der Waals surface area contributed by atoms with Crippen molar-refractivity contribution in [1.82, 2.24) is 0 Å². The van der Waals surface area contributed by atoms with E-state index >= 15 is 0 Å². The summed E-state index contributed by atoms with van der Waals surface area (Å²) in [5.41, 5.74) is 1.38. The molecule has 0 spiro atoms. The molecule has 1 atom stereocenters. The maximum atomic E-state index is 5.83. The molecule has 0 aliphatic rings. The second kappa shape index (κ2) is 16.4. The van der Waals surface area contributed by atoms with Gasteiger partial charge in [-0.15, -0.1) is 0 Å². The molecule has 1 rings (SSSR count). The Morgan fingerprint density at radius 3 is 2.12 bits per heavy atom. The molecule has 0 radical (unpaired) electrons. The number of rotatable bonds is 14. The second-order valence-corrected chi connectivity index (χ2v) is 5.82. The van der Waals surface area contributed by atoms with Crippen LogP contribution in [0, 0.1) is 0 Å². The molecule has 0 heterocycles. The Labute approximate surface area is 170 Å². The summed E-state index contributed by atoms with van der Waals surface area (Å²) in [5, 5.41) is 0. The van der Waals surface area contributed by atoms with Gasteiger partial charge in [0, 0.05) is 13.2 Å². The van der Waals surface area contributed by atoms with Crippen molar-refractivity contribution >= 4 is 29.6 Å². The minimum absolute atomic E-state index is 0. The predicted molar refractivity (Wildman–Crippen MR) is 103 cm³/mol. The Bertz CT molecular complexity index is 381. The van der Waals surface area contributed by atoms with E-state index in [2.05, 4.69) is 19.1 Å². The molecular formula is C20H35NaO3. The van der Waals surface area contributed by atoms with Gasteiger partial charge in [-0.3, -0.25) is 0 Å². The molecule has 0 saturated heterocycles. The van der Waals surface area contributed by atoms with Crippen LogP contribution in [0.15, 0.2) is 24.3 Å². The van der Waals surface area contributed by atoms with Gasteiger partial charge in [-0.1, -0.05) is 51.2 Å². The van der Waals surface area contributed by atoms with Gasteiger partial charge in [-0.25, -0.2) is 0 Å². The average molecular weight is 346 g/mol. The molecule has 1 aromatic carbocycles. The summed E-state index contributed by atoms with van der Waals surface area (Å²) >= 11 is 0. The molecular weight excluding hydrogens is 311 g/mol. The zero-order chi connectivity index (χ0) is 16.8. The van der Waals surface area contributed by atoms with Gasteiger partial charge < -0.3 is 14.2 Å². The van der Waals surface area contributed by atoms with Crippen molar-refractivity contribution in [3.63, 3.8) is 0 Å². The van der Waals surface area contributed by atoms with E-state index in [9.17, 15) is 0 Å². The molecule has 0 fully saturated rings. The molecule has 0 aromatic heterocycles. The number of hydrogen-bond acceptors (Lipinski definition) is 3. The van der Waals surface area contributed by atoms with Crippen LogP contribution in [0.3, 0.4) is 0 Å². The van der Waals surface area contributed by atoms with Crippen molar-refractivity contribution in [2.45, 2.75) is 72.0 Å². The summed E-state index contributed by atoms with van der Waals surface area (Å²) in [6.07, 6.45) is 8.85. The van der Waals surface area contributed by atoms with Crippen LogP contribution >= 0.6 is 0 Å². The van der Waals surface area contributed by atoms with Gasteiger partial charge in [0.2, 0.25) is 6.29 Å². The molecule has 0 saturated carbocycles. The van der Waals surface area contributed by atoms with Gasteiger partial charge in [0.1, 0.15) is 12.4 Å². The molecule has 134 valence electrons. The molecule has 0 N–H and O–H groups in total. The Kier molecular flexibility index (Phi) is 16.4. The van der Waals surface area contributed by atoms with Gasteiger partial charge >= 0.3 is 29.6 Å². The van der Waals surface area contributed by atoms with Crippen LogP contribution in [-0.4, -0.2) is 55.7 Å². The van der Waals surface area contributed by atoms with Crippen LogP contribution in [0.4, 0.5) is 0 Å². The van der Waals surface area contributed by atoms with E-state index in [1.54, 1.807) is 0 Å². The van der Waals surface area contributed by atoms with Crippen LogP contribution in [-0.2, 0) is 15.9 Å². The fourth-order valence-electron chi connectivity index (χ4n) is 2.51. The van der Waals surface area contributed by atoms with Crippen molar-refractivity contribution in [2.75, 3.05) is 19.8 Å². The van der Waals surface area contributed by atoms with E-state index < -0.39 is 0 Å². The Morgan fingerprint density at radius 2 is 1.50 bits per heavy atom. The van der Waals surface area contributed by atoms with Crippen LogP contribution < -0.4 is 4.74 Å². The van der Waals surface area contributed by atoms with E-state index in [-0.39, 0.29) is 35.8 Å².